The molecular weight excluding hydrogens is 377 g/mol. The van der Waals surface area contributed by atoms with E-state index in [9.17, 15) is 9.18 Å². The van der Waals surface area contributed by atoms with Crippen LogP contribution in [0, 0.1) is 5.82 Å². The second kappa shape index (κ2) is 9.55. The van der Waals surface area contributed by atoms with Crippen LogP contribution in [0.3, 0.4) is 0 Å². The van der Waals surface area contributed by atoms with E-state index in [-0.39, 0.29) is 17.9 Å². The Balaban J connectivity index is 1.39. The summed E-state index contributed by atoms with van der Waals surface area (Å²) in [6, 6.07) is 27.4. The fourth-order valence-corrected chi connectivity index (χ4v) is 4.00. The van der Waals surface area contributed by atoms with Crippen molar-refractivity contribution < 1.29 is 9.18 Å². The first-order valence-corrected chi connectivity index (χ1v) is 10.3. The van der Waals surface area contributed by atoms with Crippen molar-refractivity contribution in [2.75, 3.05) is 26.2 Å². The highest BCUT2D eigenvalue weighted by molar-refractivity contribution is 5.74. The second-order valence-electron chi connectivity index (χ2n) is 7.54. The molecule has 1 aliphatic rings. The minimum atomic E-state index is -0.289. The molecule has 0 saturated carbocycles. The Morgan fingerprint density at radius 1 is 0.833 bits per heavy atom. The Kier molecular flexibility index (Phi) is 6.40. The van der Waals surface area contributed by atoms with E-state index in [1.54, 1.807) is 6.07 Å². The summed E-state index contributed by atoms with van der Waals surface area (Å²) in [4.78, 5) is 16.8. The SMILES string of the molecule is O=C(NCc1cccc(F)c1)N1CCN(C(c2ccccc2)c2ccccc2)CC1. The lowest BCUT2D eigenvalue weighted by Crippen LogP contribution is -2.52. The Morgan fingerprint density at radius 2 is 1.43 bits per heavy atom. The summed E-state index contributed by atoms with van der Waals surface area (Å²) >= 11 is 0. The minimum absolute atomic E-state index is 0.102. The average Bonchev–Trinajstić information content (AvgIpc) is 2.80. The van der Waals surface area contributed by atoms with Gasteiger partial charge in [0.1, 0.15) is 5.82 Å². The first kappa shape index (κ1) is 20.1. The molecule has 0 atom stereocenters. The van der Waals surface area contributed by atoms with E-state index < -0.39 is 0 Å². The van der Waals surface area contributed by atoms with E-state index in [0.717, 1.165) is 18.7 Å². The summed E-state index contributed by atoms with van der Waals surface area (Å²) in [5.41, 5.74) is 3.27. The van der Waals surface area contributed by atoms with Gasteiger partial charge in [0.25, 0.3) is 0 Å². The van der Waals surface area contributed by atoms with Crippen LogP contribution in [0.2, 0.25) is 0 Å². The number of carbonyl (C=O) groups is 1. The van der Waals surface area contributed by atoms with Gasteiger partial charge >= 0.3 is 6.03 Å². The number of nitrogens with zero attached hydrogens (tertiary/aromatic N) is 2. The van der Waals surface area contributed by atoms with Crippen LogP contribution in [0.1, 0.15) is 22.7 Å². The molecule has 4 nitrogen and oxygen atoms in total. The van der Waals surface area contributed by atoms with Gasteiger partial charge in [0.05, 0.1) is 6.04 Å². The zero-order valence-electron chi connectivity index (χ0n) is 16.9. The number of amides is 2. The fourth-order valence-electron chi connectivity index (χ4n) is 4.00. The lowest BCUT2D eigenvalue weighted by molar-refractivity contribution is 0.120. The van der Waals surface area contributed by atoms with Gasteiger partial charge in [-0.3, -0.25) is 4.90 Å². The molecule has 2 amide bonds. The molecule has 0 radical (unpaired) electrons. The zero-order chi connectivity index (χ0) is 20.8. The van der Waals surface area contributed by atoms with Crippen LogP contribution >= 0.6 is 0 Å². The van der Waals surface area contributed by atoms with Crippen LogP contribution in [-0.4, -0.2) is 42.0 Å². The van der Waals surface area contributed by atoms with Crippen molar-refractivity contribution in [3.8, 4) is 0 Å². The van der Waals surface area contributed by atoms with Gasteiger partial charge in [-0.15, -0.1) is 0 Å². The maximum atomic E-state index is 13.3. The Hall–Kier alpha value is -3.18. The quantitative estimate of drug-likeness (QED) is 0.684. The molecule has 1 aliphatic heterocycles. The van der Waals surface area contributed by atoms with Gasteiger partial charge in [-0.05, 0) is 28.8 Å². The van der Waals surface area contributed by atoms with Gasteiger partial charge in [-0.1, -0.05) is 72.8 Å². The molecule has 1 heterocycles. The topological polar surface area (TPSA) is 35.6 Å². The average molecular weight is 404 g/mol. The van der Waals surface area contributed by atoms with Crippen LogP contribution in [-0.2, 0) is 6.54 Å². The molecule has 0 aromatic heterocycles. The third kappa shape index (κ3) is 4.86. The normalized spacial score (nSPS) is 14.7. The molecule has 1 saturated heterocycles. The van der Waals surface area contributed by atoms with Gasteiger partial charge < -0.3 is 10.2 Å². The number of rotatable bonds is 5. The molecule has 154 valence electrons. The smallest absolute Gasteiger partial charge is 0.317 e. The van der Waals surface area contributed by atoms with Crippen LogP contribution in [0.25, 0.3) is 0 Å². The number of nitrogens with one attached hydrogen (secondary N) is 1. The van der Waals surface area contributed by atoms with Crippen LogP contribution < -0.4 is 5.32 Å². The molecule has 4 rings (SSSR count). The summed E-state index contributed by atoms with van der Waals surface area (Å²) in [7, 11) is 0. The van der Waals surface area contributed by atoms with Crippen molar-refractivity contribution in [3.63, 3.8) is 0 Å². The first-order valence-electron chi connectivity index (χ1n) is 10.3. The summed E-state index contributed by atoms with van der Waals surface area (Å²) in [5.74, 6) is -0.289. The predicted molar refractivity (Wildman–Crippen MR) is 117 cm³/mol. The zero-order valence-corrected chi connectivity index (χ0v) is 16.9. The summed E-state index contributed by atoms with van der Waals surface area (Å²) < 4.78 is 13.3. The van der Waals surface area contributed by atoms with Crippen molar-refractivity contribution in [2.24, 2.45) is 0 Å². The number of hydrogen-bond donors (Lipinski definition) is 1. The number of carbonyl (C=O) groups excluding carboxylic acids is 1. The van der Waals surface area contributed by atoms with E-state index in [1.807, 2.05) is 23.1 Å². The molecule has 5 heteroatoms. The highest BCUT2D eigenvalue weighted by Gasteiger charge is 2.28. The van der Waals surface area contributed by atoms with Crippen LogP contribution in [0.5, 0.6) is 0 Å². The lowest BCUT2D eigenvalue weighted by Gasteiger charge is -2.39. The molecular formula is C25H26FN3O. The Bertz CT molecular complexity index is 917. The van der Waals surface area contributed by atoms with Crippen LogP contribution in [0.15, 0.2) is 84.9 Å². The molecule has 3 aromatic rings. The highest BCUT2D eigenvalue weighted by Crippen LogP contribution is 2.29. The van der Waals surface area contributed by atoms with Crippen LogP contribution in [0.4, 0.5) is 9.18 Å². The maximum Gasteiger partial charge on any atom is 0.317 e. The van der Waals surface area contributed by atoms with Crippen molar-refractivity contribution in [3.05, 3.63) is 107 Å². The third-order valence-electron chi connectivity index (χ3n) is 5.53. The first-order chi connectivity index (χ1) is 14.7. The van der Waals surface area contributed by atoms with E-state index in [0.29, 0.717) is 19.6 Å². The van der Waals surface area contributed by atoms with E-state index >= 15 is 0 Å². The molecule has 0 bridgehead atoms. The van der Waals surface area contributed by atoms with E-state index in [2.05, 4.69) is 58.7 Å². The van der Waals surface area contributed by atoms with E-state index in [4.69, 9.17) is 0 Å². The number of piperazine rings is 1. The standard InChI is InChI=1S/C25H26FN3O/c26-23-13-7-8-20(18-23)19-27-25(30)29-16-14-28(15-17-29)24(21-9-3-1-4-10-21)22-11-5-2-6-12-22/h1-13,18,24H,14-17,19H2,(H,27,30). The van der Waals surface area contributed by atoms with Gasteiger partial charge in [-0.2, -0.15) is 0 Å². The molecule has 0 spiro atoms. The summed E-state index contributed by atoms with van der Waals surface area (Å²) in [6.07, 6.45) is 0. The summed E-state index contributed by atoms with van der Waals surface area (Å²) in [6.45, 7) is 3.23. The lowest BCUT2D eigenvalue weighted by atomic mass is 9.96. The highest BCUT2D eigenvalue weighted by atomic mass is 19.1. The van der Waals surface area contributed by atoms with E-state index in [1.165, 1.54) is 23.3 Å². The minimum Gasteiger partial charge on any atom is -0.334 e. The van der Waals surface area contributed by atoms with Gasteiger partial charge in [-0.25, -0.2) is 9.18 Å². The third-order valence-corrected chi connectivity index (χ3v) is 5.53. The summed E-state index contributed by atoms with van der Waals surface area (Å²) in [5, 5.41) is 2.91. The Labute approximate surface area is 176 Å². The largest absolute Gasteiger partial charge is 0.334 e. The number of hydrogen-bond acceptors (Lipinski definition) is 2. The molecule has 30 heavy (non-hydrogen) atoms. The van der Waals surface area contributed by atoms with Crippen molar-refractivity contribution >= 4 is 6.03 Å². The van der Waals surface area contributed by atoms with Crippen molar-refractivity contribution in [1.82, 2.24) is 15.1 Å². The molecule has 0 aliphatic carbocycles. The predicted octanol–water partition coefficient (Wildman–Crippen LogP) is 4.44. The Morgan fingerprint density at radius 3 is 2.00 bits per heavy atom. The molecule has 3 aromatic carbocycles. The van der Waals surface area contributed by atoms with Gasteiger partial charge in [0.2, 0.25) is 0 Å². The number of benzene rings is 3. The molecule has 0 unspecified atom stereocenters. The van der Waals surface area contributed by atoms with Gasteiger partial charge in [0, 0.05) is 32.7 Å². The fraction of sp³-hybridized carbons (Fsp3) is 0.240. The molecule has 1 fully saturated rings. The monoisotopic (exact) mass is 403 g/mol. The number of halogens is 1. The second-order valence-corrected chi connectivity index (χ2v) is 7.54. The maximum absolute atomic E-state index is 13.3. The van der Waals surface area contributed by atoms with Gasteiger partial charge in [0.15, 0.2) is 0 Å². The van der Waals surface area contributed by atoms with Crippen molar-refractivity contribution in [1.29, 1.82) is 0 Å². The number of urea groups is 1. The van der Waals surface area contributed by atoms with Crippen molar-refractivity contribution in [2.45, 2.75) is 12.6 Å². The molecule has 1 N–H and O–H groups in total.